The molecule has 0 rings (SSSR count). The van der Waals surface area contributed by atoms with Crippen LogP contribution in [0.25, 0.3) is 0 Å². The molecule has 0 heterocycles. The molecular weight excluding hydrogens is 254 g/mol. The molecule has 2 N–H and O–H groups in total. The van der Waals surface area contributed by atoms with Crippen LogP contribution in [0.3, 0.4) is 0 Å². The summed E-state index contributed by atoms with van der Waals surface area (Å²) < 4.78 is 11.0. The van der Waals surface area contributed by atoms with Gasteiger partial charge in [-0.05, 0) is 26.2 Å². The van der Waals surface area contributed by atoms with E-state index in [4.69, 9.17) is 9.47 Å². The summed E-state index contributed by atoms with van der Waals surface area (Å²) in [5.41, 5.74) is 0. The Hall–Kier alpha value is -0.160. The topological polar surface area (TPSA) is 50.7 Å². The molecule has 0 fully saturated rings. The monoisotopic (exact) mass is 289 g/mol. The van der Waals surface area contributed by atoms with E-state index >= 15 is 0 Å². The lowest BCUT2D eigenvalue weighted by molar-refractivity contribution is 0.0165. The van der Waals surface area contributed by atoms with E-state index in [2.05, 4.69) is 19.2 Å². The quantitative estimate of drug-likeness (QED) is 0.516. The standard InChI is InChI=1S/C16H35NO3/c1-5-8-9-15(6-2)12-19-13-16(18)11-17-10-14(4)20-7-3/h14-18H,5-13H2,1-4H3. The zero-order valence-corrected chi connectivity index (χ0v) is 13.9. The summed E-state index contributed by atoms with van der Waals surface area (Å²) in [6.45, 7) is 11.7. The smallest absolute Gasteiger partial charge is 0.0897 e. The lowest BCUT2D eigenvalue weighted by Gasteiger charge is -2.18. The van der Waals surface area contributed by atoms with Crippen molar-refractivity contribution in [1.82, 2.24) is 5.32 Å². The number of hydrogen-bond donors (Lipinski definition) is 2. The first-order valence-electron chi connectivity index (χ1n) is 8.22. The number of aliphatic hydroxyl groups excluding tert-OH is 1. The van der Waals surface area contributed by atoms with Gasteiger partial charge in [-0.25, -0.2) is 0 Å². The van der Waals surface area contributed by atoms with E-state index in [-0.39, 0.29) is 6.10 Å². The number of ether oxygens (including phenoxy) is 2. The number of nitrogens with one attached hydrogen (secondary N) is 1. The predicted molar refractivity (Wildman–Crippen MR) is 84.1 cm³/mol. The van der Waals surface area contributed by atoms with Crippen LogP contribution >= 0.6 is 0 Å². The molecule has 0 aliphatic heterocycles. The minimum Gasteiger partial charge on any atom is -0.389 e. The van der Waals surface area contributed by atoms with Crippen molar-refractivity contribution in [2.24, 2.45) is 5.92 Å². The Kier molecular flexibility index (Phi) is 13.7. The Balaban J connectivity index is 3.54. The average Bonchev–Trinajstić information content (AvgIpc) is 2.43. The van der Waals surface area contributed by atoms with Crippen molar-refractivity contribution < 1.29 is 14.6 Å². The predicted octanol–water partition coefficient (Wildman–Crippen LogP) is 2.59. The lowest BCUT2D eigenvalue weighted by atomic mass is 10.0. The maximum absolute atomic E-state index is 9.83. The summed E-state index contributed by atoms with van der Waals surface area (Å²) in [5.74, 6) is 0.632. The van der Waals surface area contributed by atoms with Crippen molar-refractivity contribution in [2.45, 2.75) is 65.6 Å². The van der Waals surface area contributed by atoms with Gasteiger partial charge in [-0.1, -0.05) is 33.1 Å². The molecule has 0 spiro atoms. The highest BCUT2D eigenvalue weighted by Gasteiger charge is 2.09. The second-order valence-electron chi connectivity index (χ2n) is 5.53. The van der Waals surface area contributed by atoms with E-state index in [0.29, 0.717) is 19.1 Å². The van der Waals surface area contributed by atoms with Crippen LogP contribution in [0.4, 0.5) is 0 Å². The molecule has 0 aromatic carbocycles. The van der Waals surface area contributed by atoms with Crippen LogP contribution in [0.15, 0.2) is 0 Å². The molecule has 3 atom stereocenters. The first kappa shape index (κ1) is 19.8. The number of hydrogen-bond acceptors (Lipinski definition) is 4. The molecule has 0 saturated carbocycles. The zero-order chi connectivity index (χ0) is 15.2. The molecule has 20 heavy (non-hydrogen) atoms. The highest BCUT2D eigenvalue weighted by molar-refractivity contribution is 4.62. The zero-order valence-electron chi connectivity index (χ0n) is 13.9. The normalized spacial score (nSPS) is 16.1. The van der Waals surface area contributed by atoms with Crippen LogP contribution in [-0.4, -0.2) is 50.2 Å². The minimum atomic E-state index is -0.437. The Labute approximate surface area is 125 Å². The second-order valence-corrected chi connectivity index (χ2v) is 5.53. The Morgan fingerprint density at radius 2 is 1.85 bits per heavy atom. The molecule has 0 aromatic heterocycles. The second kappa shape index (κ2) is 13.8. The molecule has 0 radical (unpaired) electrons. The molecule has 0 aliphatic carbocycles. The summed E-state index contributed by atoms with van der Waals surface area (Å²) in [6, 6.07) is 0. The summed E-state index contributed by atoms with van der Waals surface area (Å²) >= 11 is 0. The van der Waals surface area contributed by atoms with Crippen LogP contribution in [0.2, 0.25) is 0 Å². The molecule has 0 bridgehead atoms. The van der Waals surface area contributed by atoms with Crippen molar-refractivity contribution in [3.8, 4) is 0 Å². The van der Waals surface area contributed by atoms with Gasteiger partial charge in [-0.15, -0.1) is 0 Å². The summed E-state index contributed by atoms with van der Waals surface area (Å²) in [6.07, 6.45) is 4.63. The highest BCUT2D eigenvalue weighted by Crippen LogP contribution is 2.12. The first-order valence-corrected chi connectivity index (χ1v) is 8.22. The van der Waals surface area contributed by atoms with E-state index in [1.54, 1.807) is 0 Å². The van der Waals surface area contributed by atoms with Gasteiger partial charge in [-0.2, -0.15) is 0 Å². The van der Waals surface area contributed by atoms with Crippen molar-refractivity contribution in [3.05, 3.63) is 0 Å². The van der Waals surface area contributed by atoms with Crippen LogP contribution in [-0.2, 0) is 9.47 Å². The third-order valence-electron chi connectivity index (χ3n) is 3.47. The van der Waals surface area contributed by atoms with Gasteiger partial charge in [0.15, 0.2) is 0 Å². The summed E-state index contributed by atoms with van der Waals surface area (Å²) in [4.78, 5) is 0. The van der Waals surface area contributed by atoms with Crippen molar-refractivity contribution in [3.63, 3.8) is 0 Å². The molecule has 0 aromatic rings. The molecule has 4 heteroatoms. The molecule has 3 unspecified atom stereocenters. The molecular formula is C16H35NO3. The Morgan fingerprint density at radius 1 is 1.10 bits per heavy atom. The lowest BCUT2D eigenvalue weighted by Crippen LogP contribution is -2.35. The third-order valence-corrected chi connectivity index (χ3v) is 3.47. The molecule has 0 amide bonds. The van der Waals surface area contributed by atoms with Gasteiger partial charge in [0.25, 0.3) is 0 Å². The van der Waals surface area contributed by atoms with Crippen molar-refractivity contribution in [1.29, 1.82) is 0 Å². The minimum absolute atomic E-state index is 0.187. The van der Waals surface area contributed by atoms with E-state index < -0.39 is 6.10 Å². The van der Waals surface area contributed by atoms with Crippen LogP contribution in [0, 0.1) is 5.92 Å². The fraction of sp³-hybridized carbons (Fsp3) is 1.00. The summed E-state index contributed by atoms with van der Waals surface area (Å²) in [7, 11) is 0. The molecule has 122 valence electrons. The largest absolute Gasteiger partial charge is 0.389 e. The SMILES string of the molecule is CCCCC(CC)COCC(O)CNCC(C)OCC. The van der Waals surface area contributed by atoms with E-state index in [1.165, 1.54) is 19.3 Å². The van der Waals surface area contributed by atoms with Crippen molar-refractivity contribution in [2.75, 3.05) is 32.9 Å². The maximum atomic E-state index is 9.83. The van der Waals surface area contributed by atoms with Crippen LogP contribution < -0.4 is 5.32 Å². The molecule has 4 nitrogen and oxygen atoms in total. The Morgan fingerprint density at radius 3 is 2.45 bits per heavy atom. The fourth-order valence-electron chi connectivity index (χ4n) is 2.12. The number of aliphatic hydroxyl groups is 1. The van der Waals surface area contributed by atoms with E-state index in [1.807, 2.05) is 13.8 Å². The van der Waals surface area contributed by atoms with E-state index in [9.17, 15) is 5.11 Å². The van der Waals surface area contributed by atoms with Gasteiger partial charge in [0.05, 0.1) is 18.8 Å². The van der Waals surface area contributed by atoms with Crippen LogP contribution in [0.5, 0.6) is 0 Å². The van der Waals surface area contributed by atoms with Gasteiger partial charge < -0.3 is 19.9 Å². The number of rotatable bonds is 14. The van der Waals surface area contributed by atoms with Crippen molar-refractivity contribution >= 4 is 0 Å². The maximum Gasteiger partial charge on any atom is 0.0897 e. The van der Waals surface area contributed by atoms with Crippen LogP contribution in [0.1, 0.15) is 53.4 Å². The Bertz CT molecular complexity index is 202. The van der Waals surface area contributed by atoms with Gasteiger partial charge in [-0.3, -0.25) is 0 Å². The van der Waals surface area contributed by atoms with Gasteiger partial charge >= 0.3 is 0 Å². The van der Waals surface area contributed by atoms with Gasteiger partial charge in [0.1, 0.15) is 0 Å². The highest BCUT2D eigenvalue weighted by atomic mass is 16.5. The molecule has 0 aliphatic rings. The summed E-state index contributed by atoms with van der Waals surface area (Å²) in [5, 5.41) is 13.0. The van der Waals surface area contributed by atoms with Gasteiger partial charge in [0.2, 0.25) is 0 Å². The number of unbranched alkanes of at least 4 members (excludes halogenated alkanes) is 1. The first-order chi connectivity index (χ1) is 9.63. The van der Waals surface area contributed by atoms with E-state index in [0.717, 1.165) is 26.2 Å². The molecule has 0 saturated heterocycles. The fourth-order valence-corrected chi connectivity index (χ4v) is 2.12. The van der Waals surface area contributed by atoms with Gasteiger partial charge in [0, 0.05) is 26.3 Å². The average molecular weight is 289 g/mol. The third kappa shape index (κ3) is 11.6.